The van der Waals surface area contributed by atoms with Gasteiger partial charge in [0, 0.05) is 25.6 Å². The fourth-order valence-corrected chi connectivity index (χ4v) is 3.24. The van der Waals surface area contributed by atoms with E-state index in [1.165, 1.54) is 12.8 Å². The standard InChI is InChI=1S/C17H24N2O2/c1-2-19(12-14-8-5-6-10-18-14)17(20)16-11-13-7-3-4-9-15(13)21-16/h3-4,7,9,14,16,18H,2,5-6,8,10-12H2,1H3. The summed E-state index contributed by atoms with van der Waals surface area (Å²) in [6.45, 7) is 4.66. The van der Waals surface area contributed by atoms with Gasteiger partial charge in [0.2, 0.25) is 0 Å². The summed E-state index contributed by atoms with van der Waals surface area (Å²) in [5, 5.41) is 3.51. The zero-order valence-corrected chi connectivity index (χ0v) is 12.7. The smallest absolute Gasteiger partial charge is 0.264 e. The van der Waals surface area contributed by atoms with Crippen molar-refractivity contribution in [1.29, 1.82) is 0 Å². The van der Waals surface area contributed by atoms with Crippen LogP contribution in [0.25, 0.3) is 0 Å². The highest BCUT2D eigenvalue weighted by atomic mass is 16.5. The van der Waals surface area contributed by atoms with Gasteiger partial charge in [0.25, 0.3) is 5.91 Å². The molecule has 1 aromatic rings. The number of nitrogens with one attached hydrogen (secondary N) is 1. The van der Waals surface area contributed by atoms with Gasteiger partial charge in [-0.2, -0.15) is 0 Å². The molecular weight excluding hydrogens is 264 g/mol. The quantitative estimate of drug-likeness (QED) is 0.921. The first-order valence-electron chi connectivity index (χ1n) is 8.04. The van der Waals surface area contributed by atoms with Crippen LogP contribution in [0.2, 0.25) is 0 Å². The van der Waals surface area contributed by atoms with Crippen molar-refractivity contribution in [2.75, 3.05) is 19.6 Å². The minimum Gasteiger partial charge on any atom is -0.480 e. The third-order valence-electron chi connectivity index (χ3n) is 4.47. The molecule has 0 bridgehead atoms. The number of piperidine rings is 1. The van der Waals surface area contributed by atoms with Crippen LogP contribution in [-0.2, 0) is 11.2 Å². The molecule has 2 unspecified atom stereocenters. The van der Waals surface area contributed by atoms with Gasteiger partial charge in [-0.3, -0.25) is 4.79 Å². The van der Waals surface area contributed by atoms with E-state index in [9.17, 15) is 4.79 Å². The molecule has 1 fully saturated rings. The van der Waals surface area contributed by atoms with Crippen LogP contribution in [-0.4, -0.2) is 42.6 Å². The summed E-state index contributed by atoms with van der Waals surface area (Å²) >= 11 is 0. The van der Waals surface area contributed by atoms with Crippen LogP contribution >= 0.6 is 0 Å². The summed E-state index contributed by atoms with van der Waals surface area (Å²) in [6, 6.07) is 8.38. The molecule has 0 saturated carbocycles. The van der Waals surface area contributed by atoms with E-state index in [-0.39, 0.29) is 12.0 Å². The van der Waals surface area contributed by atoms with Crippen LogP contribution < -0.4 is 10.1 Å². The molecule has 0 aliphatic carbocycles. The fourth-order valence-electron chi connectivity index (χ4n) is 3.24. The second-order valence-electron chi connectivity index (χ2n) is 5.94. The topological polar surface area (TPSA) is 41.6 Å². The lowest BCUT2D eigenvalue weighted by Gasteiger charge is -2.31. The zero-order valence-electron chi connectivity index (χ0n) is 12.7. The van der Waals surface area contributed by atoms with Crippen molar-refractivity contribution in [2.45, 2.75) is 44.8 Å². The highest BCUT2D eigenvalue weighted by molar-refractivity contribution is 5.82. The Morgan fingerprint density at radius 2 is 2.24 bits per heavy atom. The highest BCUT2D eigenvalue weighted by Gasteiger charge is 2.32. The summed E-state index contributed by atoms with van der Waals surface area (Å²) in [5.41, 5.74) is 1.14. The number of amides is 1. The van der Waals surface area contributed by atoms with Gasteiger partial charge in [-0.05, 0) is 37.9 Å². The van der Waals surface area contributed by atoms with Gasteiger partial charge in [0.15, 0.2) is 6.10 Å². The number of para-hydroxylation sites is 1. The van der Waals surface area contributed by atoms with Crippen LogP contribution in [0.5, 0.6) is 5.75 Å². The van der Waals surface area contributed by atoms with Crippen LogP contribution in [0.4, 0.5) is 0 Å². The number of carbonyl (C=O) groups excluding carboxylic acids is 1. The molecule has 0 spiro atoms. The van der Waals surface area contributed by atoms with E-state index in [0.717, 1.165) is 37.4 Å². The molecule has 2 aliphatic heterocycles. The Hall–Kier alpha value is -1.55. The number of nitrogens with zero attached hydrogens (tertiary/aromatic N) is 1. The van der Waals surface area contributed by atoms with E-state index < -0.39 is 0 Å². The molecule has 1 N–H and O–H groups in total. The summed E-state index contributed by atoms with van der Waals surface area (Å²) in [7, 11) is 0. The van der Waals surface area contributed by atoms with E-state index in [1.807, 2.05) is 36.1 Å². The third-order valence-corrected chi connectivity index (χ3v) is 4.47. The molecule has 2 aliphatic rings. The monoisotopic (exact) mass is 288 g/mol. The predicted octanol–water partition coefficient (Wildman–Crippen LogP) is 1.98. The number of likely N-dealkylation sites (N-methyl/N-ethyl adjacent to an activating group) is 1. The third kappa shape index (κ3) is 3.21. The first-order chi connectivity index (χ1) is 10.3. The molecule has 2 heterocycles. The number of hydrogen-bond acceptors (Lipinski definition) is 3. The molecule has 0 radical (unpaired) electrons. The highest BCUT2D eigenvalue weighted by Crippen LogP contribution is 2.29. The van der Waals surface area contributed by atoms with Gasteiger partial charge in [-0.1, -0.05) is 24.6 Å². The zero-order chi connectivity index (χ0) is 14.7. The molecule has 21 heavy (non-hydrogen) atoms. The second-order valence-corrected chi connectivity index (χ2v) is 5.94. The van der Waals surface area contributed by atoms with Crippen LogP contribution in [0.15, 0.2) is 24.3 Å². The molecule has 4 nitrogen and oxygen atoms in total. The van der Waals surface area contributed by atoms with E-state index in [4.69, 9.17) is 4.74 Å². The first kappa shape index (κ1) is 14.4. The van der Waals surface area contributed by atoms with E-state index in [0.29, 0.717) is 12.5 Å². The van der Waals surface area contributed by atoms with Gasteiger partial charge in [0.05, 0.1) is 0 Å². The van der Waals surface area contributed by atoms with E-state index >= 15 is 0 Å². The normalized spacial score (nSPS) is 24.2. The molecule has 0 aromatic heterocycles. The first-order valence-corrected chi connectivity index (χ1v) is 8.04. The average Bonchev–Trinajstić information content (AvgIpc) is 2.97. The second kappa shape index (κ2) is 6.48. The Labute approximate surface area is 126 Å². The van der Waals surface area contributed by atoms with E-state index in [2.05, 4.69) is 5.32 Å². The predicted molar refractivity (Wildman–Crippen MR) is 82.5 cm³/mol. The van der Waals surface area contributed by atoms with Crippen molar-refractivity contribution in [2.24, 2.45) is 0 Å². The maximum Gasteiger partial charge on any atom is 0.264 e. The Balaban J connectivity index is 1.61. The largest absolute Gasteiger partial charge is 0.480 e. The summed E-state index contributed by atoms with van der Waals surface area (Å²) in [4.78, 5) is 14.6. The molecule has 1 saturated heterocycles. The van der Waals surface area contributed by atoms with Gasteiger partial charge >= 0.3 is 0 Å². The number of rotatable bonds is 4. The van der Waals surface area contributed by atoms with Crippen molar-refractivity contribution < 1.29 is 9.53 Å². The molecule has 114 valence electrons. The lowest BCUT2D eigenvalue weighted by atomic mass is 10.0. The number of ether oxygens (including phenoxy) is 1. The molecule has 2 atom stereocenters. The molecule has 3 rings (SSSR count). The van der Waals surface area contributed by atoms with Gasteiger partial charge in [-0.15, -0.1) is 0 Å². The summed E-state index contributed by atoms with van der Waals surface area (Å²) < 4.78 is 5.83. The Kier molecular flexibility index (Phi) is 4.44. The maximum atomic E-state index is 12.7. The minimum absolute atomic E-state index is 0.126. The number of fused-ring (bicyclic) bond motifs is 1. The lowest BCUT2D eigenvalue weighted by Crippen LogP contribution is -2.49. The van der Waals surface area contributed by atoms with Crippen molar-refractivity contribution in [3.8, 4) is 5.75 Å². The molecule has 1 amide bonds. The minimum atomic E-state index is -0.342. The maximum absolute atomic E-state index is 12.7. The average molecular weight is 288 g/mol. The van der Waals surface area contributed by atoms with Crippen LogP contribution in [0.3, 0.4) is 0 Å². The van der Waals surface area contributed by atoms with Crippen LogP contribution in [0, 0.1) is 0 Å². The van der Waals surface area contributed by atoms with E-state index in [1.54, 1.807) is 0 Å². The molecular formula is C17H24N2O2. The fraction of sp³-hybridized carbons (Fsp3) is 0.588. The van der Waals surface area contributed by atoms with Gasteiger partial charge in [-0.25, -0.2) is 0 Å². The SMILES string of the molecule is CCN(CC1CCCCN1)C(=O)C1Cc2ccccc2O1. The summed E-state index contributed by atoms with van der Waals surface area (Å²) in [6.07, 6.45) is 4.02. The van der Waals surface area contributed by atoms with Crippen molar-refractivity contribution in [3.63, 3.8) is 0 Å². The Morgan fingerprint density at radius 1 is 1.38 bits per heavy atom. The lowest BCUT2D eigenvalue weighted by molar-refractivity contribution is -0.138. The van der Waals surface area contributed by atoms with Crippen molar-refractivity contribution >= 4 is 5.91 Å². The van der Waals surface area contributed by atoms with Crippen LogP contribution in [0.1, 0.15) is 31.7 Å². The molecule has 1 aromatic carbocycles. The summed E-state index contributed by atoms with van der Waals surface area (Å²) in [5.74, 6) is 0.990. The van der Waals surface area contributed by atoms with Gasteiger partial charge in [0.1, 0.15) is 5.75 Å². The van der Waals surface area contributed by atoms with Crippen molar-refractivity contribution in [3.05, 3.63) is 29.8 Å². The Bertz CT molecular complexity index is 472. The van der Waals surface area contributed by atoms with Crippen molar-refractivity contribution in [1.82, 2.24) is 10.2 Å². The number of benzene rings is 1. The number of hydrogen-bond donors (Lipinski definition) is 1. The van der Waals surface area contributed by atoms with Gasteiger partial charge < -0.3 is 15.0 Å². The molecule has 4 heteroatoms. The number of carbonyl (C=O) groups is 1. The Morgan fingerprint density at radius 3 is 2.95 bits per heavy atom.